The Hall–Kier alpha value is -2.44. The number of nitrogens with two attached hydrogens (primary N) is 1. The van der Waals surface area contributed by atoms with Crippen molar-refractivity contribution in [1.82, 2.24) is 19.5 Å². The molecular weight excluding hydrogens is 328 g/mol. The molecule has 1 amide bonds. The third-order valence-electron chi connectivity index (χ3n) is 5.53. The molecule has 2 aliphatic rings. The highest BCUT2D eigenvalue weighted by Gasteiger charge is 2.28. The number of piperidine rings is 1. The summed E-state index contributed by atoms with van der Waals surface area (Å²) in [7, 11) is 0. The van der Waals surface area contributed by atoms with Gasteiger partial charge in [-0.15, -0.1) is 0 Å². The lowest BCUT2D eigenvalue weighted by atomic mass is 9.82. The van der Waals surface area contributed by atoms with Crippen LogP contribution in [0.5, 0.6) is 0 Å². The number of anilines is 1. The molecule has 2 N–H and O–H groups in total. The fourth-order valence-corrected chi connectivity index (χ4v) is 3.98. The van der Waals surface area contributed by atoms with Gasteiger partial charge in [-0.05, 0) is 38.7 Å². The average Bonchev–Trinajstić information content (AvgIpc) is 3.00. The number of imidazole rings is 1. The topological polar surface area (TPSA) is 89.9 Å². The smallest absolute Gasteiger partial charge is 0.237 e. The van der Waals surface area contributed by atoms with Crippen LogP contribution in [-0.2, 0) is 11.3 Å². The third kappa shape index (κ3) is 3.43. The summed E-state index contributed by atoms with van der Waals surface area (Å²) >= 11 is 0. The molecule has 26 heavy (non-hydrogen) atoms. The molecule has 7 heteroatoms. The van der Waals surface area contributed by atoms with E-state index < -0.39 is 0 Å². The summed E-state index contributed by atoms with van der Waals surface area (Å²) in [4.78, 5) is 27.6. The Bertz CT molecular complexity index is 797. The zero-order valence-electron chi connectivity index (χ0n) is 15.3. The number of nitrogens with zero attached hydrogens (tertiary/aromatic N) is 5. The predicted molar refractivity (Wildman–Crippen MR) is 99.0 cm³/mol. The van der Waals surface area contributed by atoms with Crippen LogP contribution >= 0.6 is 0 Å². The van der Waals surface area contributed by atoms with Gasteiger partial charge >= 0.3 is 0 Å². The van der Waals surface area contributed by atoms with Gasteiger partial charge in [0.1, 0.15) is 12.4 Å². The quantitative estimate of drug-likeness (QED) is 0.888. The number of hydrogen-bond donors (Lipinski definition) is 1. The Kier molecular flexibility index (Phi) is 4.61. The standard InChI is InChI=1S/C19H26N6O/c1-13-10-16(14-4-2-5-14)23-19(22-13)25-8-3-6-15(11-25)18-21-7-9-24(18)12-17(20)26/h7,9-10,14-15H,2-6,8,11-12H2,1H3,(H2,20,26)/t15-/m1/s1. The van der Waals surface area contributed by atoms with Crippen LogP contribution in [-0.4, -0.2) is 38.5 Å². The zero-order chi connectivity index (χ0) is 18.1. The molecule has 0 bridgehead atoms. The molecule has 1 atom stereocenters. The van der Waals surface area contributed by atoms with E-state index in [1.54, 1.807) is 6.20 Å². The molecule has 7 nitrogen and oxygen atoms in total. The van der Waals surface area contributed by atoms with E-state index in [1.165, 1.54) is 25.0 Å². The van der Waals surface area contributed by atoms with Crippen molar-refractivity contribution in [2.45, 2.75) is 57.4 Å². The van der Waals surface area contributed by atoms with Gasteiger partial charge in [-0.2, -0.15) is 0 Å². The minimum absolute atomic E-state index is 0.179. The highest BCUT2D eigenvalue weighted by molar-refractivity contribution is 5.73. The molecule has 1 saturated heterocycles. The summed E-state index contributed by atoms with van der Waals surface area (Å²) in [5.41, 5.74) is 7.59. The molecule has 138 valence electrons. The summed E-state index contributed by atoms with van der Waals surface area (Å²) in [6.45, 7) is 4.01. The van der Waals surface area contributed by atoms with Crippen molar-refractivity contribution >= 4 is 11.9 Å². The van der Waals surface area contributed by atoms with Crippen LogP contribution in [0.15, 0.2) is 18.5 Å². The van der Waals surface area contributed by atoms with Crippen molar-refractivity contribution in [3.63, 3.8) is 0 Å². The maximum Gasteiger partial charge on any atom is 0.237 e. The van der Waals surface area contributed by atoms with Crippen LogP contribution in [0.25, 0.3) is 0 Å². The first-order chi connectivity index (χ1) is 12.6. The molecule has 1 saturated carbocycles. The van der Waals surface area contributed by atoms with Crippen LogP contribution in [0.1, 0.15) is 61.2 Å². The first kappa shape index (κ1) is 17.0. The monoisotopic (exact) mass is 354 g/mol. The lowest BCUT2D eigenvalue weighted by molar-refractivity contribution is -0.118. The molecule has 4 rings (SSSR count). The Morgan fingerprint density at radius 1 is 1.23 bits per heavy atom. The molecule has 3 heterocycles. The van der Waals surface area contributed by atoms with Gasteiger partial charge in [-0.1, -0.05) is 6.42 Å². The fraction of sp³-hybridized carbons (Fsp3) is 0.579. The van der Waals surface area contributed by atoms with Crippen molar-refractivity contribution in [2.24, 2.45) is 5.73 Å². The summed E-state index contributed by atoms with van der Waals surface area (Å²) in [5.74, 6) is 2.29. The van der Waals surface area contributed by atoms with Crippen LogP contribution in [0.3, 0.4) is 0 Å². The Morgan fingerprint density at radius 3 is 2.77 bits per heavy atom. The number of hydrogen-bond acceptors (Lipinski definition) is 5. The number of primary amides is 1. The van der Waals surface area contributed by atoms with Crippen molar-refractivity contribution in [2.75, 3.05) is 18.0 Å². The van der Waals surface area contributed by atoms with E-state index in [0.29, 0.717) is 5.92 Å². The molecule has 1 aliphatic carbocycles. The second-order valence-electron chi connectivity index (χ2n) is 7.53. The summed E-state index contributed by atoms with van der Waals surface area (Å²) in [6.07, 6.45) is 9.47. The van der Waals surface area contributed by atoms with E-state index in [1.807, 2.05) is 17.7 Å². The highest BCUT2D eigenvalue weighted by Crippen LogP contribution is 2.36. The van der Waals surface area contributed by atoms with E-state index in [4.69, 9.17) is 15.7 Å². The zero-order valence-corrected chi connectivity index (χ0v) is 15.3. The van der Waals surface area contributed by atoms with Gasteiger partial charge in [-0.25, -0.2) is 15.0 Å². The minimum Gasteiger partial charge on any atom is -0.368 e. The van der Waals surface area contributed by atoms with Crippen molar-refractivity contribution in [1.29, 1.82) is 0 Å². The van der Waals surface area contributed by atoms with E-state index >= 15 is 0 Å². The summed E-state index contributed by atoms with van der Waals surface area (Å²) in [6, 6.07) is 2.13. The molecule has 2 aromatic heterocycles. The van der Waals surface area contributed by atoms with Crippen LogP contribution < -0.4 is 10.6 Å². The lowest BCUT2D eigenvalue weighted by Gasteiger charge is -2.33. The fourth-order valence-electron chi connectivity index (χ4n) is 3.98. The molecular formula is C19H26N6O. The van der Waals surface area contributed by atoms with Crippen LogP contribution in [0, 0.1) is 6.92 Å². The number of rotatable bonds is 5. The average molecular weight is 354 g/mol. The van der Waals surface area contributed by atoms with Gasteiger partial charge in [0, 0.05) is 48.7 Å². The van der Waals surface area contributed by atoms with Gasteiger partial charge in [0.05, 0.1) is 0 Å². The number of amides is 1. The second kappa shape index (κ2) is 7.05. The summed E-state index contributed by atoms with van der Waals surface area (Å²) in [5, 5.41) is 0. The molecule has 2 fully saturated rings. The molecule has 2 aromatic rings. The van der Waals surface area contributed by atoms with Crippen LogP contribution in [0.2, 0.25) is 0 Å². The predicted octanol–water partition coefficient (Wildman–Crippen LogP) is 2.12. The van der Waals surface area contributed by atoms with Crippen LogP contribution in [0.4, 0.5) is 5.95 Å². The third-order valence-corrected chi connectivity index (χ3v) is 5.53. The van der Waals surface area contributed by atoms with E-state index in [9.17, 15) is 4.79 Å². The minimum atomic E-state index is -0.343. The Balaban J connectivity index is 1.55. The largest absolute Gasteiger partial charge is 0.368 e. The Morgan fingerprint density at radius 2 is 2.04 bits per heavy atom. The highest BCUT2D eigenvalue weighted by atomic mass is 16.1. The number of aromatic nitrogens is 4. The SMILES string of the molecule is Cc1cc(C2CCC2)nc(N2CCC[C@@H](c3nccn3CC(N)=O)C2)n1. The first-order valence-electron chi connectivity index (χ1n) is 9.50. The molecule has 0 radical (unpaired) electrons. The molecule has 0 unspecified atom stereocenters. The maximum atomic E-state index is 11.3. The van der Waals surface area contributed by atoms with Gasteiger partial charge < -0.3 is 15.2 Å². The van der Waals surface area contributed by atoms with E-state index in [-0.39, 0.29) is 18.4 Å². The normalized spacial score (nSPS) is 20.8. The van der Waals surface area contributed by atoms with Gasteiger partial charge in [0.15, 0.2) is 0 Å². The second-order valence-corrected chi connectivity index (χ2v) is 7.53. The van der Waals surface area contributed by atoms with Gasteiger partial charge in [0.25, 0.3) is 0 Å². The van der Waals surface area contributed by atoms with Crippen molar-refractivity contribution in [3.8, 4) is 0 Å². The lowest BCUT2D eigenvalue weighted by Crippen LogP contribution is -2.37. The molecule has 1 aliphatic heterocycles. The summed E-state index contributed by atoms with van der Waals surface area (Å²) < 4.78 is 1.87. The maximum absolute atomic E-state index is 11.3. The van der Waals surface area contributed by atoms with Crippen molar-refractivity contribution < 1.29 is 4.79 Å². The van der Waals surface area contributed by atoms with E-state index in [2.05, 4.69) is 16.0 Å². The number of aryl methyl sites for hydroxylation is 1. The number of carbonyl (C=O) groups is 1. The molecule has 0 spiro atoms. The number of carbonyl (C=O) groups excluding carboxylic acids is 1. The van der Waals surface area contributed by atoms with Gasteiger partial charge in [-0.3, -0.25) is 4.79 Å². The van der Waals surface area contributed by atoms with Crippen molar-refractivity contribution in [3.05, 3.63) is 35.7 Å². The Labute approximate surface area is 153 Å². The van der Waals surface area contributed by atoms with Gasteiger partial charge in [0.2, 0.25) is 11.9 Å². The van der Waals surface area contributed by atoms with E-state index in [0.717, 1.165) is 43.4 Å². The molecule has 0 aromatic carbocycles. The first-order valence-corrected chi connectivity index (χ1v) is 9.50.